The van der Waals surface area contributed by atoms with Crippen LogP contribution in [0.4, 0.5) is 18.9 Å². The van der Waals surface area contributed by atoms with E-state index in [4.69, 9.17) is 0 Å². The van der Waals surface area contributed by atoms with Crippen molar-refractivity contribution in [2.45, 2.75) is 31.7 Å². The molecule has 1 aromatic heterocycles. The molecule has 144 valence electrons. The highest BCUT2D eigenvalue weighted by Crippen LogP contribution is 2.26. The number of carbonyl (C=O) groups excluding carboxylic acids is 2. The van der Waals surface area contributed by atoms with Crippen molar-refractivity contribution in [2.24, 2.45) is 0 Å². The van der Waals surface area contributed by atoms with Gasteiger partial charge in [-0.1, -0.05) is 6.07 Å². The molecular weight excluding hydrogens is 381 g/mol. The van der Waals surface area contributed by atoms with Crippen molar-refractivity contribution in [3.05, 3.63) is 46.7 Å². The average molecular weight is 398 g/mol. The number of anilines is 1. The van der Waals surface area contributed by atoms with E-state index in [2.05, 4.69) is 10.1 Å². The molecule has 0 unspecified atom stereocenters. The fourth-order valence-corrected chi connectivity index (χ4v) is 3.63. The zero-order chi connectivity index (χ0) is 19.4. The van der Waals surface area contributed by atoms with Gasteiger partial charge in [0, 0.05) is 12.2 Å². The van der Waals surface area contributed by atoms with E-state index in [1.54, 1.807) is 22.4 Å². The summed E-state index contributed by atoms with van der Waals surface area (Å²) in [5.41, 5.74) is 0.337. The van der Waals surface area contributed by atoms with Gasteiger partial charge in [0.25, 0.3) is 5.91 Å². The summed E-state index contributed by atoms with van der Waals surface area (Å²) in [7, 11) is 0. The monoisotopic (exact) mass is 398 g/mol. The zero-order valence-corrected chi connectivity index (χ0v) is 15.0. The van der Waals surface area contributed by atoms with Gasteiger partial charge < -0.3 is 15.0 Å². The average Bonchev–Trinajstić information content (AvgIpc) is 3.16. The lowest BCUT2D eigenvalue weighted by molar-refractivity contribution is -0.274. The fraction of sp³-hybridized carbons (Fsp3) is 0.333. The van der Waals surface area contributed by atoms with Gasteiger partial charge in [-0.25, -0.2) is 0 Å². The quantitative estimate of drug-likeness (QED) is 0.836. The molecule has 0 saturated carbocycles. The molecule has 1 aromatic carbocycles. The van der Waals surface area contributed by atoms with Gasteiger partial charge in [0.2, 0.25) is 5.91 Å². The van der Waals surface area contributed by atoms with E-state index in [1.165, 1.54) is 23.5 Å². The van der Waals surface area contributed by atoms with Crippen molar-refractivity contribution in [2.75, 3.05) is 11.9 Å². The van der Waals surface area contributed by atoms with Gasteiger partial charge in [0.15, 0.2) is 0 Å². The second-order valence-electron chi connectivity index (χ2n) is 6.05. The van der Waals surface area contributed by atoms with E-state index in [0.717, 1.165) is 25.0 Å². The van der Waals surface area contributed by atoms with Crippen molar-refractivity contribution in [1.82, 2.24) is 4.90 Å². The molecule has 1 saturated heterocycles. The number of carbonyl (C=O) groups is 2. The molecule has 1 N–H and O–H groups in total. The number of nitrogens with one attached hydrogen (secondary N) is 1. The topological polar surface area (TPSA) is 58.6 Å². The van der Waals surface area contributed by atoms with Crippen LogP contribution in [0.3, 0.4) is 0 Å². The van der Waals surface area contributed by atoms with E-state index in [-0.39, 0.29) is 17.6 Å². The number of hydrogen-bond acceptors (Lipinski definition) is 4. The number of halogens is 3. The fourth-order valence-electron chi connectivity index (χ4n) is 2.95. The second kappa shape index (κ2) is 7.99. The molecule has 2 amide bonds. The molecular formula is C18H17F3N2O3S. The van der Waals surface area contributed by atoms with Crippen LogP contribution in [-0.4, -0.2) is 35.7 Å². The Morgan fingerprint density at radius 1 is 1.15 bits per heavy atom. The number of amides is 2. The predicted octanol–water partition coefficient (Wildman–Crippen LogP) is 4.28. The van der Waals surface area contributed by atoms with Crippen LogP contribution < -0.4 is 10.1 Å². The van der Waals surface area contributed by atoms with Gasteiger partial charge in [-0.3, -0.25) is 9.59 Å². The van der Waals surface area contributed by atoms with Crippen LogP contribution in [0.25, 0.3) is 0 Å². The summed E-state index contributed by atoms with van der Waals surface area (Å²) in [6, 6.07) is 7.79. The summed E-state index contributed by atoms with van der Waals surface area (Å²) in [6.45, 7) is 0.493. The molecule has 1 aliphatic rings. The summed E-state index contributed by atoms with van der Waals surface area (Å²) >= 11 is 1.32. The van der Waals surface area contributed by atoms with E-state index < -0.39 is 12.4 Å². The summed E-state index contributed by atoms with van der Waals surface area (Å²) < 4.78 is 40.4. The first-order valence-corrected chi connectivity index (χ1v) is 9.22. The summed E-state index contributed by atoms with van der Waals surface area (Å²) in [6.07, 6.45) is -2.58. The minimum Gasteiger partial charge on any atom is -0.406 e. The predicted molar refractivity (Wildman–Crippen MR) is 94.7 cm³/mol. The summed E-state index contributed by atoms with van der Waals surface area (Å²) in [4.78, 5) is 27.4. The molecule has 1 aliphatic heterocycles. The number of piperidine rings is 1. The van der Waals surface area contributed by atoms with Crippen LogP contribution >= 0.6 is 11.3 Å². The lowest BCUT2D eigenvalue weighted by atomic mass is 10.0. The number of alkyl halides is 3. The Bertz CT molecular complexity index is 791. The standard InChI is InChI=1S/C18H17F3N2O3S/c19-18(20,21)26-13-8-6-12(7-9-13)22-16(24)14-4-1-2-10-23(14)17(25)15-5-3-11-27-15/h3,5-9,11,14H,1-2,4,10H2,(H,22,24)/t14-/m0/s1. The number of benzene rings is 1. The smallest absolute Gasteiger partial charge is 0.406 e. The van der Waals surface area contributed by atoms with Gasteiger partial charge in [0.1, 0.15) is 11.8 Å². The first-order chi connectivity index (χ1) is 12.8. The van der Waals surface area contributed by atoms with E-state index >= 15 is 0 Å². The zero-order valence-electron chi connectivity index (χ0n) is 14.2. The molecule has 27 heavy (non-hydrogen) atoms. The number of likely N-dealkylation sites (tertiary alicyclic amines) is 1. The van der Waals surface area contributed by atoms with Gasteiger partial charge in [-0.15, -0.1) is 24.5 Å². The van der Waals surface area contributed by atoms with Gasteiger partial charge in [0.05, 0.1) is 4.88 Å². The van der Waals surface area contributed by atoms with E-state index in [0.29, 0.717) is 23.5 Å². The van der Waals surface area contributed by atoms with Crippen LogP contribution in [0.1, 0.15) is 28.9 Å². The highest BCUT2D eigenvalue weighted by atomic mass is 32.1. The molecule has 0 aliphatic carbocycles. The van der Waals surface area contributed by atoms with Gasteiger partial charge in [-0.05, 0) is 55.0 Å². The van der Waals surface area contributed by atoms with Crippen LogP contribution in [0.2, 0.25) is 0 Å². The Labute approximate surface area is 157 Å². The summed E-state index contributed by atoms with van der Waals surface area (Å²) in [5.74, 6) is -0.907. The lowest BCUT2D eigenvalue weighted by Crippen LogP contribution is -2.49. The molecule has 2 heterocycles. The van der Waals surface area contributed by atoms with Crippen LogP contribution in [-0.2, 0) is 4.79 Å². The summed E-state index contributed by atoms with van der Waals surface area (Å²) in [5, 5.41) is 4.47. The molecule has 0 radical (unpaired) electrons. The number of nitrogens with zero attached hydrogens (tertiary/aromatic N) is 1. The Morgan fingerprint density at radius 2 is 1.89 bits per heavy atom. The van der Waals surface area contributed by atoms with Crippen LogP contribution in [0.15, 0.2) is 41.8 Å². The molecule has 2 aromatic rings. The Kier molecular flexibility index (Phi) is 5.69. The largest absolute Gasteiger partial charge is 0.573 e. The third-order valence-corrected chi connectivity index (χ3v) is 5.01. The molecule has 5 nitrogen and oxygen atoms in total. The first kappa shape index (κ1) is 19.2. The SMILES string of the molecule is O=C(Nc1ccc(OC(F)(F)F)cc1)[C@@H]1CCCCN1C(=O)c1cccs1. The van der Waals surface area contributed by atoms with Crippen LogP contribution in [0, 0.1) is 0 Å². The number of ether oxygens (including phenoxy) is 1. The Morgan fingerprint density at radius 3 is 2.52 bits per heavy atom. The normalized spacial score (nSPS) is 17.4. The van der Waals surface area contributed by atoms with Crippen LogP contribution in [0.5, 0.6) is 5.75 Å². The number of hydrogen-bond donors (Lipinski definition) is 1. The molecule has 1 atom stereocenters. The number of thiophene rings is 1. The minimum absolute atomic E-state index is 0.182. The maximum absolute atomic E-state index is 12.7. The van der Waals surface area contributed by atoms with Crippen molar-refractivity contribution in [1.29, 1.82) is 0 Å². The van der Waals surface area contributed by atoms with Crippen molar-refractivity contribution < 1.29 is 27.5 Å². The molecule has 1 fully saturated rings. The maximum Gasteiger partial charge on any atom is 0.573 e. The molecule has 3 rings (SSSR count). The van der Waals surface area contributed by atoms with E-state index in [1.807, 2.05) is 0 Å². The maximum atomic E-state index is 12.7. The van der Waals surface area contributed by atoms with Crippen molar-refractivity contribution in [3.8, 4) is 5.75 Å². The number of rotatable bonds is 4. The molecule has 0 spiro atoms. The third kappa shape index (κ3) is 5.00. The second-order valence-corrected chi connectivity index (χ2v) is 7.00. The highest BCUT2D eigenvalue weighted by Gasteiger charge is 2.33. The van der Waals surface area contributed by atoms with Crippen molar-refractivity contribution >= 4 is 28.8 Å². The Balaban J connectivity index is 1.67. The third-order valence-electron chi connectivity index (χ3n) is 4.15. The lowest BCUT2D eigenvalue weighted by Gasteiger charge is -2.34. The molecule has 9 heteroatoms. The molecule has 0 bridgehead atoms. The van der Waals surface area contributed by atoms with Gasteiger partial charge in [-0.2, -0.15) is 0 Å². The Hall–Kier alpha value is -2.55. The highest BCUT2D eigenvalue weighted by molar-refractivity contribution is 7.12. The van der Waals surface area contributed by atoms with Gasteiger partial charge >= 0.3 is 6.36 Å². The first-order valence-electron chi connectivity index (χ1n) is 8.34. The van der Waals surface area contributed by atoms with E-state index in [9.17, 15) is 22.8 Å². The van der Waals surface area contributed by atoms with Crippen molar-refractivity contribution in [3.63, 3.8) is 0 Å². The minimum atomic E-state index is -4.77.